The lowest BCUT2D eigenvalue weighted by Crippen LogP contribution is -2.17. The van der Waals surface area contributed by atoms with Crippen molar-refractivity contribution in [3.63, 3.8) is 0 Å². The molecule has 20 heavy (non-hydrogen) atoms. The molecule has 0 radical (unpaired) electrons. The van der Waals surface area contributed by atoms with Crippen molar-refractivity contribution < 1.29 is 14.3 Å². The van der Waals surface area contributed by atoms with Crippen LogP contribution in [-0.4, -0.2) is 19.7 Å². The number of nitrogens with two attached hydrogens (primary N) is 1. The number of methoxy groups -OCH3 is 1. The van der Waals surface area contributed by atoms with E-state index in [9.17, 15) is 4.79 Å². The Morgan fingerprint density at radius 2 is 1.90 bits per heavy atom. The van der Waals surface area contributed by atoms with E-state index in [0.29, 0.717) is 6.61 Å². The number of fused-ring (bicyclic) bond motifs is 1. The van der Waals surface area contributed by atoms with Crippen molar-refractivity contribution in [1.82, 2.24) is 0 Å². The second-order valence-corrected chi connectivity index (χ2v) is 4.52. The summed E-state index contributed by atoms with van der Waals surface area (Å²) in [5.41, 5.74) is 7.07. The Hall–Kier alpha value is -2.07. The van der Waals surface area contributed by atoms with Crippen LogP contribution in [0.15, 0.2) is 36.4 Å². The molecule has 106 valence electrons. The van der Waals surface area contributed by atoms with Crippen LogP contribution in [0, 0.1) is 0 Å². The van der Waals surface area contributed by atoms with Gasteiger partial charge in [0.25, 0.3) is 0 Å². The normalized spacial score (nSPS) is 12.2. The topological polar surface area (TPSA) is 61.5 Å². The summed E-state index contributed by atoms with van der Waals surface area (Å²) in [5.74, 6) is 0.521. The standard InChI is InChI=1S/C16H19NO3/c1-3-20-16(18)10-14(17)12-8-9-15(19-2)13-7-5-4-6-11(12)13/h4-9,14H,3,10,17H2,1-2H3/t14-/m0/s1. The minimum atomic E-state index is -0.384. The van der Waals surface area contributed by atoms with E-state index in [-0.39, 0.29) is 18.4 Å². The third-order valence-corrected chi connectivity index (χ3v) is 3.23. The maximum atomic E-state index is 11.6. The first kappa shape index (κ1) is 14.3. The molecule has 0 aliphatic carbocycles. The lowest BCUT2D eigenvalue weighted by Gasteiger charge is -2.15. The number of benzene rings is 2. The van der Waals surface area contributed by atoms with Gasteiger partial charge in [-0.15, -0.1) is 0 Å². The van der Waals surface area contributed by atoms with Gasteiger partial charge in [-0.1, -0.05) is 30.3 Å². The van der Waals surface area contributed by atoms with Crippen molar-refractivity contribution in [2.24, 2.45) is 5.73 Å². The van der Waals surface area contributed by atoms with Crippen molar-refractivity contribution >= 4 is 16.7 Å². The lowest BCUT2D eigenvalue weighted by atomic mass is 9.97. The number of carbonyl (C=O) groups excluding carboxylic acids is 1. The van der Waals surface area contributed by atoms with Gasteiger partial charge in [0.05, 0.1) is 20.1 Å². The minimum Gasteiger partial charge on any atom is -0.496 e. The highest BCUT2D eigenvalue weighted by molar-refractivity contribution is 5.91. The lowest BCUT2D eigenvalue weighted by molar-refractivity contribution is -0.143. The van der Waals surface area contributed by atoms with Crippen LogP contribution in [0.25, 0.3) is 10.8 Å². The molecule has 0 saturated carbocycles. The van der Waals surface area contributed by atoms with Crippen LogP contribution < -0.4 is 10.5 Å². The number of carbonyl (C=O) groups is 1. The van der Waals surface area contributed by atoms with Crippen LogP contribution in [0.5, 0.6) is 5.75 Å². The molecule has 0 fully saturated rings. The van der Waals surface area contributed by atoms with E-state index in [1.165, 1.54) is 0 Å². The number of hydrogen-bond donors (Lipinski definition) is 1. The zero-order valence-corrected chi connectivity index (χ0v) is 11.8. The second kappa shape index (κ2) is 6.39. The van der Waals surface area contributed by atoms with Crippen LogP contribution in [0.1, 0.15) is 24.9 Å². The third kappa shape index (κ3) is 2.91. The Bertz CT molecular complexity index is 610. The number of hydrogen-bond acceptors (Lipinski definition) is 4. The maximum absolute atomic E-state index is 11.6. The van der Waals surface area contributed by atoms with Crippen molar-refractivity contribution in [2.75, 3.05) is 13.7 Å². The largest absolute Gasteiger partial charge is 0.496 e. The van der Waals surface area contributed by atoms with Crippen LogP contribution in [0.2, 0.25) is 0 Å². The van der Waals surface area contributed by atoms with E-state index < -0.39 is 0 Å². The summed E-state index contributed by atoms with van der Waals surface area (Å²) in [7, 11) is 1.64. The average molecular weight is 273 g/mol. The highest BCUT2D eigenvalue weighted by Gasteiger charge is 2.16. The summed E-state index contributed by atoms with van der Waals surface area (Å²) in [6.07, 6.45) is 0.171. The molecule has 0 saturated heterocycles. The van der Waals surface area contributed by atoms with Crippen molar-refractivity contribution in [3.8, 4) is 5.75 Å². The van der Waals surface area contributed by atoms with Gasteiger partial charge in [-0.2, -0.15) is 0 Å². The van der Waals surface area contributed by atoms with Gasteiger partial charge in [-0.25, -0.2) is 0 Å². The molecule has 2 rings (SSSR count). The number of rotatable bonds is 5. The Morgan fingerprint density at radius 1 is 1.20 bits per heavy atom. The average Bonchev–Trinajstić information content (AvgIpc) is 2.46. The van der Waals surface area contributed by atoms with Gasteiger partial charge in [-0.3, -0.25) is 4.79 Å². The smallest absolute Gasteiger partial charge is 0.307 e. The highest BCUT2D eigenvalue weighted by Crippen LogP contribution is 2.31. The zero-order valence-electron chi connectivity index (χ0n) is 11.8. The van der Waals surface area contributed by atoms with E-state index in [4.69, 9.17) is 15.2 Å². The first-order chi connectivity index (χ1) is 9.67. The van der Waals surface area contributed by atoms with Crippen LogP contribution >= 0.6 is 0 Å². The van der Waals surface area contributed by atoms with Gasteiger partial charge in [0.1, 0.15) is 5.75 Å². The Kier molecular flexibility index (Phi) is 4.58. The van der Waals surface area contributed by atoms with Crippen molar-refractivity contribution in [3.05, 3.63) is 42.0 Å². The minimum absolute atomic E-state index is 0.171. The predicted octanol–water partition coefficient (Wildman–Crippen LogP) is 2.80. The predicted molar refractivity (Wildman–Crippen MR) is 78.7 cm³/mol. The highest BCUT2D eigenvalue weighted by atomic mass is 16.5. The molecule has 0 amide bonds. The summed E-state index contributed by atoms with van der Waals surface area (Å²) >= 11 is 0. The van der Waals surface area contributed by atoms with E-state index in [2.05, 4.69) is 0 Å². The first-order valence-corrected chi connectivity index (χ1v) is 6.64. The second-order valence-electron chi connectivity index (χ2n) is 4.52. The van der Waals surface area contributed by atoms with Crippen LogP contribution in [0.3, 0.4) is 0 Å². The van der Waals surface area contributed by atoms with Gasteiger partial charge >= 0.3 is 5.97 Å². The molecule has 1 atom stereocenters. The Morgan fingerprint density at radius 3 is 2.55 bits per heavy atom. The van der Waals surface area contributed by atoms with Gasteiger partial charge < -0.3 is 15.2 Å². The third-order valence-electron chi connectivity index (χ3n) is 3.23. The van der Waals surface area contributed by atoms with E-state index in [1.54, 1.807) is 14.0 Å². The molecule has 4 nitrogen and oxygen atoms in total. The van der Waals surface area contributed by atoms with Gasteiger partial charge in [0.2, 0.25) is 0 Å². The van der Waals surface area contributed by atoms with Gasteiger partial charge in [-0.05, 0) is 23.9 Å². The molecular formula is C16H19NO3. The summed E-state index contributed by atoms with van der Waals surface area (Å²) in [5, 5.41) is 2.00. The molecular weight excluding hydrogens is 254 g/mol. The maximum Gasteiger partial charge on any atom is 0.307 e. The fraction of sp³-hybridized carbons (Fsp3) is 0.312. The summed E-state index contributed by atoms with van der Waals surface area (Å²) in [6, 6.07) is 11.3. The quantitative estimate of drug-likeness (QED) is 0.851. The van der Waals surface area contributed by atoms with Crippen LogP contribution in [0.4, 0.5) is 0 Å². The fourth-order valence-electron chi connectivity index (χ4n) is 2.31. The molecule has 0 unspecified atom stereocenters. The monoisotopic (exact) mass is 273 g/mol. The first-order valence-electron chi connectivity index (χ1n) is 6.64. The van der Waals surface area contributed by atoms with Gasteiger partial charge in [0, 0.05) is 11.4 Å². The van der Waals surface area contributed by atoms with Crippen molar-refractivity contribution in [1.29, 1.82) is 0 Å². The summed E-state index contributed by atoms with van der Waals surface area (Å²) in [4.78, 5) is 11.6. The van der Waals surface area contributed by atoms with Crippen molar-refractivity contribution in [2.45, 2.75) is 19.4 Å². The van der Waals surface area contributed by atoms with Gasteiger partial charge in [0.15, 0.2) is 0 Å². The van der Waals surface area contributed by atoms with Crippen LogP contribution in [-0.2, 0) is 9.53 Å². The molecule has 4 heteroatoms. The molecule has 0 aliphatic rings. The van der Waals surface area contributed by atoms with E-state index >= 15 is 0 Å². The summed E-state index contributed by atoms with van der Waals surface area (Å²) in [6.45, 7) is 2.15. The molecule has 0 aromatic heterocycles. The zero-order chi connectivity index (χ0) is 14.5. The fourth-order valence-corrected chi connectivity index (χ4v) is 2.31. The molecule has 0 aliphatic heterocycles. The number of ether oxygens (including phenoxy) is 2. The molecule has 2 aromatic carbocycles. The van der Waals surface area contributed by atoms with E-state index in [1.807, 2.05) is 36.4 Å². The molecule has 2 N–H and O–H groups in total. The molecule has 2 aromatic rings. The Labute approximate surface area is 118 Å². The van der Waals surface area contributed by atoms with E-state index in [0.717, 1.165) is 22.1 Å². The molecule has 0 spiro atoms. The SMILES string of the molecule is CCOC(=O)C[C@H](N)c1ccc(OC)c2ccccc12. The summed E-state index contributed by atoms with van der Waals surface area (Å²) < 4.78 is 10.3. The molecule has 0 heterocycles. The number of esters is 1. The molecule has 0 bridgehead atoms. The Balaban J connectivity index is 2.37.